The normalized spacial score (nSPS) is 10.2. The van der Waals surface area contributed by atoms with Gasteiger partial charge in [0.25, 0.3) is 0 Å². The van der Waals surface area contributed by atoms with Gasteiger partial charge < -0.3 is 10.2 Å². The van der Waals surface area contributed by atoms with Crippen molar-refractivity contribution >= 4 is 28.5 Å². The van der Waals surface area contributed by atoms with Crippen LogP contribution in [0.2, 0.25) is 0 Å². The van der Waals surface area contributed by atoms with Gasteiger partial charge in [0, 0.05) is 29.9 Å². The molecule has 0 bridgehead atoms. The Hall–Kier alpha value is -3.68. The maximum atomic E-state index is 9.55. The Balaban J connectivity index is 0.000000224. The molecule has 1 aromatic carbocycles. The van der Waals surface area contributed by atoms with Crippen LogP contribution in [0.1, 0.15) is 0 Å². The molecular weight excluding hydrogens is 312 g/mol. The predicted molar refractivity (Wildman–Crippen MR) is 87.4 cm³/mol. The number of fused-ring (bicyclic) bond motifs is 1. The monoisotopic (exact) mass is 326 g/mol. The quantitative estimate of drug-likeness (QED) is 0.628. The minimum atomic E-state index is -1.26. The van der Waals surface area contributed by atoms with Gasteiger partial charge in [-0.25, -0.2) is 9.59 Å². The molecule has 2 heterocycles. The van der Waals surface area contributed by atoms with Crippen LogP contribution in [0.5, 0.6) is 0 Å². The van der Waals surface area contributed by atoms with E-state index in [0.717, 1.165) is 16.6 Å². The lowest BCUT2D eigenvalue weighted by Crippen LogP contribution is -2.08. The van der Waals surface area contributed by atoms with Crippen molar-refractivity contribution in [3.63, 3.8) is 0 Å². The van der Waals surface area contributed by atoms with Crippen molar-refractivity contribution < 1.29 is 19.8 Å². The predicted octanol–water partition coefficient (Wildman–Crippen LogP) is 2.02. The van der Waals surface area contributed by atoms with Crippen LogP contribution < -0.4 is 5.43 Å². The van der Waals surface area contributed by atoms with Gasteiger partial charge in [0.05, 0.1) is 17.4 Å². The van der Waals surface area contributed by atoms with Gasteiger partial charge in [0.2, 0.25) is 0 Å². The van der Waals surface area contributed by atoms with Crippen LogP contribution in [0.25, 0.3) is 10.9 Å². The molecule has 0 saturated heterocycles. The van der Waals surface area contributed by atoms with Crippen molar-refractivity contribution in [2.45, 2.75) is 0 Å². The lowest BCUT2D eigenvalue weighted by molar-refractivity contribution is -0.134. The Labute approximate surface area is 136 Å². The van der Waals surface area contributed by atoms with Crippen LogP contribution in [0, 0.1) is 0 Å². The Morgan fingerprint density at radius 1 is 1.00 bits per heavy atom. The van der Waals surface area contributed by atoms with E-state index in [4.69, 9.17) is 10.2 Å². The van der Waals surface area contributed by atoms with E-state index < -0.39 is 11.9 Å². The maximum Gasteiger partial charge on any atom is 0.328 e. The van der Waals surface area contributed by atoms with Gasteiger partial charge in [-0.2, -0.15) is 9.89 Å². The molecule has 24 heavy (non-hydrogen) atoms. The fourth-order valence-electron chi connectivity index (χ4n) is 1.72. The second-order valence-electron chi connectivity index (χ2n) is 4.49. The van der Waals surface area contributed by atoms with Gasteiger partial charge in [-0.3, -0.25) is 10.4 Å². The molecule has 0 spiro atoms. The van der Waals surface area contributed by atoms with E-state index >= 15 is 0 Å². The average molecular weight is 326 g/mol. The third-order valence-corrected chi connectivity index (χ3v) is 2.71. The number of rotatable bonds is 4. The number of aliphatic carboxylic acids is 2. The number of nitrogens with one attached hydrogen (secondary N) is 1. The zero-order valence-electron chi connectivity index (χ0n) is 12.4. The van der Waals surface area contributed by atoms with E-state index in [2.05, 4.69) is 15.5 Å². The topological polar surface area (TPSA) is 117 Å². The summed E-state index contributed by atoms with van der Waals surface area (Å²) in [5.74, 6) is -2.51. The van der Waals surface area contributed by atoms with Gasteiger partial charge in [0.1, 0.15) is 0 Å². The highest BCUT2D eigenvalue weighted by molar-refractivity contribution is 5.89. The minimum Gasteiger partial charge on any atom is -0.478 e. The number of aromatic nitrogens is 3. The van der Waals surface area contributed by atoms with Crippen molar-refractivity contribution in [3.8, 4) is 0 Å². The zero-order valence-corrected chi connectivity index (χ0v) is 12.4. The Morgan fingerprint density at radius 3 is 2.21 bits per heavy atom. The smallest absolute Gasteiger partial charge is 0.328 e. The highest BCUT2D eigenvalue weighted by Crippen LogP contribution is 2.11. The van der Waals surface area contributed by atoms with Gasteiger partial charge in [-0.05, 0) is 18.2 Å². The molecule has 0 radical (unpaired) electrons. The number of pyridine rings is 1. The van der Waals surface area contributed by atoms with E-state index in [9.17, 15) is 9.59 Å². The number of carboxylic acids is 2. The van der Waals surface area contributed by atoms with E-state index in [1.807, 2.05) is 42.6 Å². The second-order valence-corrected chi connectivity index (χ2v) is 4.49. The summed E-state index contributed by atoms with van der Waals surface area (Å²) in [4.78, 5) is 24.8. The van der Waals surface area contributed by atoms with Crippen LogP contribution in [-0.4, -0.2) is 37.0 Å². The number of carboxylic acid groups (broad SMARTS) is 2. The van der Waals surface area contributed by atoms with Crippen LogP contribution in [-0.2, 0) is 9.59 Å². The molecule has 3 rings (SSSR count). The third-order valence-electron chi connectivity index (χ3n) is 2.71. The van der Waals surface area contributed by atoms with Gasteiger partial charge in [0.15, 0.2) is 0 Å². The van der Waals surface area contributed by atoms with E-state index in [0.29, 0.717) is 12.2 Å². The molecule has 0 saturated carbocycles. The first-order valence-corrected chi connectivity index (χ1v) is 6.80. The summed E-state index contributed by atoms with van der Waals surface area (Å²) in [5.41, 5.74) is 5.10. The van der Waals surface area contributed by atoms with Gasteiger partial charge in [-0.1, -0.05) is 18.2 Å². The molecule has 2 aromatic heterocycles. The highest BCUT2D eigenvalue weighted by Gasteiger charge is 1.98. The number of carbonyl (C=O) groups is 2. The lowest BCUT2D eigenvalue weighted by atomic mass is 10.3. The molecule has 0 fully saturated rings. The van der Waals surface area contributed by atoms with E-state index in [-0.39, 0.29) is 0 Å². The minimum absolute atomic E-state index is 0.558. The SMILES string of the molecule is O=C(O)C=CC(=O)O.c1ccc2nn(Nc3ccncc3)cc2c1. The van der Waals surface area contributed by atoms with E-state index in [1.165, 1.54) is 0 Å². The number of hydrogen-bond donors (Lipinski definition) is 3. The largest absolute Gasteiger partial charge is 0.478 e. The molecule has 3 aromatic rings. The summed E-state index contributed by atoms with van der Waals surface area (Å²) in [5, 5.41) is 21.1. The molecular formula is C16H14N4O4. The molecule has 3 N–H and O–H groups in total. The summed E-state index contributed by atoms with van der Waals surface area (Å²) in [7, 11) is 0. The van der Waals surface area contributed by atoms with Crippen LogP contribution in [0.15, 0.2) is 67.1 Å². The summed E-state index contributed by atoms with van der Waals surface area (Å²) < 4.78 is 0. The number of nitrogens with zero attached hydrogens (tertiary/aromatic N) is 3. The van der Waals surface area contributed by atoms with E-state index in [1.54, 1.807) is 17.2 Å². The first-order valence-electron chi connectivity index (χ1n) is 6.80. The Morgan fingerprint density at radius 2 is 1.62 bits per heavy atom. The standard InChI is InChI=1S/C12H10N4.C4H4O4/c1-2-4-12-10(3-1)9-16(15-12)14-11-5-7-13-8-6-11;5-3(6)1-2-4(7)8/h1-9H,(H,13,14);1-2H,(H,5,6)(H,7,8). The molecule has 8 nitrogen and oxygen atoms in total. The van der Waals surface area contributed by atoms with Gasteiger partial charge >= 0.3 is 11.9 Å². The first-order chi connectivity index (χ1) is 11.5. The molecule has 0 aliphatic heterocycles. The third kappa shape index (κ3) is 5.26. The van der Waals surface area contributed by atoms with Crippen molar-refractivity contribution in [1.82, 2.24) is 14.9 Å². The van der Waals surface area contributed by atoms with Crippen LogP contribution >= 0.6 is 0 Å². The summed E-state index contributed by atoms with van der Waals surface area (Å²) >= 11 is 0. The lowest BCUT2D eigenvalue weighted by Gasteiger charge is -2.03. The summed E-state index contributed by atoms with van der Waals surface area (Å²) in [6.45, 7) is 0. The summed E-state index contributed by atoms with van der Waals surface area (Å²) in [6, 6.07) is 11.8. The van der Waals surface area contributed by atoms with Crippen molar-refractivity contribution in [2.75, 3.05) is 5.43 Å². The fraction of sp³-hybridized carbons (Fsp3) is 0. The highest BCUT2D eigenvalue weighted by atomic mass is 16.4. The molecule has 0 unspecified atom stereocenters. The Kier molecular flexibility index (Phi) is 5.62. The summed E-state index contributed by atoms with van der Waals surface area (Å²) in [6.07, 6.45) is 6.55. The second kappa shape index (κ2) is 8.08. The average Bonchev–Trinajstić information content (AvgIpc) is 2.96. The molecule has 0 atom stereocenters. The van der Waals surface area contributed by atoms with Crippen LogP contribution in [0.4, 0.5) is 5.69 Å². The van der Waals surface area contributed by atoms with Crippen molar-refractivity contribution in [1.29, 1.82) is 0 Å². The molecule has 0 amide bonds. The van der Waals surface area contributed by atoms with Crippen molar-refractivity contribution in [3.05, 3.63) is 67.1 Å². The first kappa shape index (κ1) is 16.7. The number of anilines is 1. The van der Waals surface area contributed by atoms with Gasteiger partial charge in [-0.15, -0.1) is 0 Å². The fourth-order valence-corrected chi connectivity index (χ4v) is 1.72. The number of hydrogen-bond acceptors (Lipinski definition) is 5. The molecule has 0 aliphatic carbocycles. The molecule has 0 aliphatic rings. The zero-order chi connectivity index (χ0) is 17.4. The van der Waals surface area contributed by atoms with Crippen molar-refractivity contribution in [2.24, 2.45) is 0 Å². The number of benzene rings is 1. The Bertz CT molecular complexity index is 810. The molecule has 122 valence electrons. The van der Waals surface area contributed by atoms with Crippen LogP contribution in [0.3, 0.4) is 0 Å². The maximum absolute atomic E-state index is 9.55. The molecule has 8 heteroatoms.